The molecule has 0 aliphatic carbocycles. The van der Waals surface area contributed by atoms with E-state index in [-0.39, 0.29) is 5.91 Å². The maximum atomic E-state index is 12.1. The molecule has 1 unspecified atom stereocenters. The van der Waals surface area contributed by atoms with Gasteiger partial charge in [-0.15, -0.1) is 0 Å². The number of amides is 1. The number of likely N-dealkylation sites (N-methyl/N-ethyl adjacent to an activating group) is 1. The van der Waals surface area contributed by atoms with Crippen LogP contribution in [0.3, 0.4) is 0 Å². The molecule has 1 heterocycles. The van der Waals surface area contributed by atoms with E-state index >= 15 is 0 Å². The van der Waals surface area contributed by atoms with Crippen molar-refractivity contribution in [2.24, 2.45) is 0 Å². The standard InChI is InChI=1S/C16H18N2O2/c1-18(16(20)14-8-5-9-17-11-14)12-15(19)10-13-6-3-2-4-7-13/h2-9,11,15,19H,10,12H2,1H3. The van der Waals surface area contributed by atoms with Crippen molar-refractivity contribution in [1.82, 2.24) is 9.88 Å². The van der Waals surface area contributed by atoms with Crippen molar-refractivity contribution in [2.75, 3.05) is 13.6 Å². The van der Waals surface area contributed by atoms with E-state index in [2.05, 4.69) is 4.98 Å². The van der Waals surface area contributed by atoms with E-state index < -0.39 is 6.10 Å². The van der Waals surface area contributed by atoms with Crippen LogP contribution in [0, 0.1) is 0 Å². The Hall–Kier alpha value is -2.20. The molecule has 0 aliphatic rings. The molecule has 1 aromatic heterocycles. The normalized spacial score (nSPS) is 11.9. The number of pyridine rings is 1. The minimum atomic E-state index is -0.581. The van der Waals surface area contributed by atoms with Crippen LogP contribution in [0.15, 0.2) is 54.9 Å². The molecule has 20 heavy (non-hydrogen) atoms. The summed E-state index contributed by atoms with van der Waals surface area (Å²) in [6, 6.07) is 13.2. The van der Waals surface area contributed by atoms with Gasteiger partial charge in [-0.1, -0.05) is 30.3 Å². The van der Waals surface area contributed by atoms with Crippen LogP contribution in [-0.4, -0.2) is 40.6 Å². The predicted octanol–water partition coefficient (Wildman–Crippen LogP) is 1.76. The molecule has 4 nitrogen and oxygen atoms in total. The lowest BCUT2D eigenvalue weighted by atomic mass is 10.1. The van der Waals surface area contributed by atoms with Crippen molar-refractivity contribution in [1.29, 1.82) is 0 Å². The second-order valence-corrected chi connectivity index (χ2v) is 4.77. The van der Waals surface area contributed by atoms with Crippen LogP contribution in [0.5, 0.6) is 0 Å². The smallest absolute Gasteiger partial charge is 0.255 e. The molecule has 4 heteroatoms. The van der Waals surface area contributed by atoms with Gasteiger partial charge in [-0.05, 0) is 17.7 Å². The van der Waals surface area contributed by atoms with Crippen LogP contribution >= 0.6 is 0 Å². The van der Waals surface area contributed by atoms with Gasteiger partial charge in [0.05, 0.1) is 11.7 Å². The lowest BCUT2D eigenvalue weighted by molar-refractivity contribution is 0.0681. The summed E-state index contributed by atoms with van der Waals surface area (Å²) in [6.07, 6.45) is 3.11. The Labute approximate surface area is 118 Å². The van der Waals surface area contributed by atoms with Gasteiger partial charge in [0.15, 0.2) is 0 Å². The van der Waals surface area contributed by atoms with Crippen molar-refractivity contribution in [3.05, 3.63) is 66.0 Å². The number of carbonyl (C=O) groups is 1. The van der Waals surface area contributed by atoms with Gasteiger partial charge in [-0.2, -0.15) is 0 Å². The van der Waals surface area contributed by atoms with Gasteiger partial charge in [0, 0.05) is 32.4 Å². The maximum absolute atomic E-state index is 12.1. The summed E-state index contributed by atoms with van der Waals surface area (Å²) in [5, 5.41) is 10.1. The average molecular weight is 270 g/mol. The van der Waals surface area contributed by atoms with Crippen LogP contribution in [0.2, 0.25) is 0 Å². The first-order chi connectivity index (χ1) is 9.66. The van der Waals surface area contributed by atoms with Crippen LogP contribution in [0.25, 0.3) is 0 Å². The van der Waals surface area contributed by atoms with E-state index in [1.54, 1.807) is 25.4 Å². The van der Waals surface area contributed by atoms with Gasteiger partial charge in [0.2, 0.25) is 0 Å². The van der Waals surface area contributed by atoms with Crippen molar-refractivity contribution in [2.45, 2.75) is 12.5 Å². The highest BCUT2D eigenvalue weighted by atomic mass is 16.3. The highest BCUT2D eigenvalue weighted by Crippen LogP contribution is 2.06. The number of nitrogens with zero attached hydrogens (tertiary/aromatic N) is 2. The number of hydrogen-bond acceptors (Lipinski definition) is 3. The summed E-state index contributed by atoms with van der Waals surface area (Å²) in [5.41, 5.74) is 1.59. The number of hydrogen-bond donors (Lipinski definition) is 1. The van der Waals surface area contributed by atoms with Crippen LogP contribution in [0.4, 0.5) is 0 Å². The highest BCUT2D eigenvalue weighted by Gasteiger charge is 2.15. The Morgan fingerprint density at radius 3 is 2.65 bits per heavy atom. The van der Waals surface area contributed by atoms with E-state index in [0.717, 1.165) is 5.56 Å². The molecular formula is C16H18N2O2. The number of aliphatic hydroxyl groups is 1. The first-order valence-electron chi connectivity index (χ1n) is 6.54. The van der Waals surface area contributed by atoms with Crippen molar-refractivity contribution >= 4 is 5.91 Å². The summed E-state index contributed by atoms with van der Waals surface area (Å²) in [6.45, 7) is 0.294. The molecule has 0 aliphatic heterocycles. The molecule has 1 atom stereocenters. The largest absolute Gasteiger partial charge is 0.391 e. The monoisotopic (exact) mass is 270 g/mol. The fourth-order valence-corrected chi connectivity index (χ4v) is 2.06. The third-order valence-electron chi connectivity index (χ3n) is 3.05. The van der Waals surface area contributed by atoms with Gasteiger partial charge in [-0.25, -0.2) is 0 Å². The number of aliphatic hydroxyl groups excluding tert-OH is 1. The average Bonchev–Trinajstić information content (AvgIpc) is 2.48. The number of benzene rings is 1. The van der Waals surface area contributed by atoms with E-state index in [1.807, 2.05) is 30.3 Å². The molecule has 0 spiro atoms. The van der Waals surface area contributed by atoms with Gasteiger partial charge in [0.1, 0.15) is 0 Å². The second-order valence-electron chi connectivity index (χ2n) is 4.77. The number of carbonyl (C=O) groups excluding carboxylic acids is 1. The molecule has 2 aromatic rings. The molecule has 0 bridgehead atoms. The zero-order chi connectivity index (χ0) is 14.4. The van der Waals surface area contributed by atoms with E-state index in [4.69, 9.17) is 0 Å². The second kappa shape index (κ2) is 6.82. The van der Waals surface area contributed by atoms with E-state index in [0.29, 0.717) is 18.5 Å². The van der Waals surface area contributed by atoms with Crippen molar-refractivity contribution < 1.29 is 9.90 Å². The molecular weight excluding hydrogens is 252 g/mol. The molecule has 0 saturated carbocycles. The molecule has 104 valence electrons. The Bertz CT molecular complexity index is 543. The summed E-state index contributed by atoms with van der Waals surface area (Å²) >= 11 is 0. The Morgan fingerprint density at radius 2 is 2.00 bits per heavy atom. The zero-order valence-corrected chi connectivity index (χ0v) is 11.4. The Morgan fingerprint density at radius 1 is 1.25 bits per heavy atom. The number of rotatable bonds is 5. The first kappa shape index (κ1) is 14.2. The minimum Gasteiger partial charge on any atom is -0.391 e. The Kier molecular flexibility index (Phi) is 4.85. The Balaban J connectivity index is 1.91. The first-order valence-corrected chi connectivity index (χ1v) is 6.54. The third-order valence-corrected chi connectivity index (χ3v) is 3.05. The molecule has 0 fully saturated rings. The molecule has 1 N–H and O–H groups in total. The fourth-order valence-electron chi connectivity index (χ4n) is 2.06. The van der Waals surface area contributed by atoms with Crippen LogP contribution in [0.1, 0.15) is 15.9 Å². The fraction of sp³-hybridized carbons (Fsp3) is 0.250. The van der Waals surface area contributed by atoms with Gasteiger partial charge < -0.3 is 10.0 Å². The van der Waals surface area contributed by atoms with Crippen LogP contribution in [-0.2, 0) is 6.42 Å². The number of aromatic nitrogens is 1. The molecule has 2 rings (SSSR count). The lowest BCUT2D eigenvalue weighted by Crippen LogP contribution is -2.35. The zero-order valence-electron chi connectivity index (χ0n) is 11.4. The minimum absolute atomic E-state index is 0.134. The van der Waals surface area contributed by atoms with Crippen molar-refractivity contribution in [3.63, 3.8) is 0 Å². The predicted molar refractivity (Wildman–Crippen MR) is 77.4 cm³/mol. The molecule has 1 aromatic carbocycles. The SMILES string of the molecule is CN(CC(O)Cc1ccccc1)C(=O)c1cccnc1. The third kappa shape index (κ3) is 3.90. The van der Waals surface area contributed by atoms with Gasteiger partial charge in [-0.3, -0.25) is 9.78 Å². The molecule has 0 saturated heterocycles. The molecule has 0 radical (unpaired) electrons. The highest BCUT2D eigenvalue weighted by molar-refractivity contribution is 5.93. The summed E-state index contributed by atoms with van der Waals surface area (Å²) in [7, 11) is 1.68. The van der Waals surface area contributed by atoms with E-state index in [9.17, 15) is 9.90 Å². The molecule has 1 amide bonds. The summed E-state index contributed by atoms with van der Waals surface area (Å²) < 4.78 is 0. The van der Waals surface area contributed by atoms with Gasteiger partial charge in [0.25, 0.3) is 5.91 Å². The van der Waals surface area contributed by atoms with E-state index in [1.165, 1.54) is 11.1 Å². The van der Waals surface area contributed by atoms with Crippen LogP contribution < -0.4 is 0 Å². The topological polar surface area (TPSA) is 53.4 Å². The summed E-state index contributed by atoms with van der Waals surface area (Å²) in [5.74, 6) is -0.134. The quantitative estimate of drug-likeness (QED) is 0.900. The maximum Gasteiger partial charge on any atom is 0.255 e. The van der Waals surface area contributed by atoms with Gasteiger partial charge >= 0.3 is 0 Å². The lowest BCUT2D eigenvalue weighted by Gasteiger charge is -2.21. The summed E-state index contributed by atoms with van der Waals surface area (Å²) in [4.78, 5) is 17.6. The van der Waals surface area contributed by atoms with Crippen molar-refractivity contribution in [3.8, 4) is 0 Å².